The molecule has 36 nitrogen and oxygen atoms in total. The third-order valence-electron chi connectivity index (χ3n) is 16.6. The molecule has 25 unspecified atom stereocenters. The number of hydrogen-bond acceptors (Lipinski definition) is 35. The van der Waals surface area contributed by atoms with Gasteiger partial charge in [0.25, 0.3) is 0 Å². The zero-order valence-electron chi connectivity index (χ0n) is 51.3. The summed E-state index contributed by atoms with van der Waals surface area (Å²) in [7, 11) is 0. The number of hydrogen-bond donors (Lipinski definition) is 21. The average molecular weight is 1410 g/mol. The van der Waals surface area contributed by atoms with E-state index in [1.54, 1.807) is 0 Å². The molecule has 5 aliphatic heterocycles. The van der Waals surface area contributed by atoms with Gasteiger partial charge in [-0.15, -0.1) is 0 Å². The summed E-state index contributed by atoms with van der Waals surface area (Å²) in [6.07, 6.45) is -41.1. The van der Waals surface area contributed by atoms with Gasteiger partial charge < -0.3 is 164 Å². The maximum absolute atomic E-state index is 13.1. The van der Waals surface area contributed by atoms with E-state index in [9.17, 15) is 117 Å². The predicted molar refractivity (Wildman–Crippen MR) is 322 cm³/mol. The summed E-state index contributed by atoms with van der Waals surface area (Å²) in [4.78, 5) is 26.1. The minimum atomic E-state index is -2.22. The molecule has 6 heterocycles. The minimum absolute atomic E-state index is 0.105. The van der Waals surface area contributed by atoms with E-state index in [0.29, 0.717) is 11.1 Å². The van der Waals surface area contributed by atoms with E-state index in [0.717, 1.165) is 42.5 Å². The van der Waals surface area contributed by atoms with Crippen molar-refractivity contribution in [3.8, 4) is 57.3 Å². The van der Waals surface area contributed by atoms with Crippen LogP contribution >= 0.6 is 0 Å². The first kappa shape index (κ1) is 73.9. The molecule has 0 bridgehead atoms. The van der Waals surface area contributed by atoms with E-state index >= 15 is 0 Å². The number of esters is 2. The Hall–Kier alpha value is -7.81. The van der Waals surface area contributed by atoms with E-state index in [1.807, 2.05) is 0 Å². The Balaban J connectivity index is 0.887. The van der Waals surface area contributed by atoms with Crippen LogP contribution in [0.5, 0.6) is 46.0 Å². The summed E-state index contributed by atoms with van der Waals surface area (Å²) in [6, 6.07) is 16.2. The van der Waals surface area contributed by atoms with Crippen LogP contribution in [0.3, 0.4) is 0 Å². The first-order chi connectivity index (χ1) is 47.2. The summed E-state index contributed by atoms with van der Waals surface area (Å²) < 4.78 is 73.8. The van der Waals surface area contributed by atoms with Gasteiger partial charge in [-0.25, -0.2) is 14.0 Å². The van der Waals surface area contributed by atoms with E-state index < -0.39 is 239 Å². The maximum Gasteiger partial charge on any atom is 0.402 e. The van der Waals surface area contributed by atoms with Gasteiger partial charge in [0.05, 0.1) is 31.5 Å². The number of carbonyl (C=O) groups excluding carboxylic acids is 2. The first-order valence-corrected chi connectivity index (χ1v) is 30.4. The molecule has 21 N–H and O–H groups in total. The molecule has 36 heteroatoms. The average Bonchev–Trinajstić information content (AvgIpc) is 0.763. The number of aromatic hydroxyl groups is 3. The predicted octanol–water partition coefficient (Wildman–Crippen LogP) is -6.08. The van der Waals surface area contributed by atoms with Crippen molar-refractivity contribution in [2.75, 3.05) is 33.0 Å². The summed E-state index contributed by atoms with van der Waals surface area (Å²) in [5, 5.41) is 223. The molecule has 0 amide bonds. The van der Waals surface area contributed by atoms with Crippen LogP contribution in [0.15, 0.2) is 95.4 Å². The van der Waals surface area contributed by atoms with Gasteiger partial charge in [-0.1, -0.05) is 24.3 Å². The second-order valence-electron chi connectivity index (χ2n) is 23.4. The molecular formula is C63H73O36+. The van der Waals surface area contributed by atoms with Crippen molar-refractivity contribution >= 4 is 35.1 Å². The fourth-order valence-corrected chi connectivity index (χ4v) is 10.9. The number of aliphatic hydroxyl groups excluding tert-OH is 18. The molecule has 1 aromatic heterocycles. The lowest BCUT2D eigenvalue weighted by atomic mass is 9.99. The molecule has 4 aromatic carbocycles. The first-order valence-electron chi connectivity index (χ1n) is 30.4. The van der Waals surface area contributed by atoms with Crippen LogP contribution in [0.1, 0.15) is 11.1 Å². The molecule has 0 spiro atoms. The number of aliphatic hydroxyl groups is 18. The highest BCUT2D eigenvalue weighted by atomic mass is 16.7. The highest BCUT2D eigenvalue weighted by Crippen LogP contribution is 2.48. The Bertz CT molecular complexity index is 3450. The van der Waals surface area contributed by atoms with Gasteiger partial charge in [-0.3, -0.25) is 0 Å². The molecule has 540 valence electrons. The number of phenols is 3. The van der Waals surface area contributed by atoms with Crippen molar-refractivity contribution in [3.05, 3.63) is 102 Å². The molecule has 99 heavy (non-hydrogen) atoms. The summed E-state index contributed by atoms with van der Waals surface area (Å²) in [6.45, 7) is -4.00. The van der Waals surface area contributed by atoms with Gasteiger partial charge in [0.15, 0.2) is 11.5 Å². The maximum atomic E-state index is 13.1. The van der Waals surface area contributed by atoms with E-state index in [-0.39, 0.29) is 28.0 Å². The van der Waals surface area contributed by atoms with Crippen molar-refractivity contribution in [3.63, 3.8) is 0 Å². The summed E-state index contributed by atoms with van der Waals surface area (Å²) >= 11 is 0. The van der Waals surface area contributed by atoms with Crippen LogP contribution in [0.25, 0.3) is 34.4 Å². The fourth-order valence-electron chi connectivity index (χ4n) is 10.9. The number of phenolic OH excluding ortho intramolecular Hbond substituents is 3. The number of ether oxygens (including phenoxy) is 12. The van der Waals surface area contributed by atoms with E-state index in [4.69, 9.17) is 61.3 Å². The second-order valence-corrected chi connectivity index (χ2v) is 23.4. The van der Waals surface area contributed by atoms with Gasteiger partial charge in [0.2, 0.25) is 42.9 Å². The highest BCUT2D eigenvalue weighted by molar-refractivity contribution is 5.89. The normalized spacial score (nSPS) is 35.0. The molecule has 5 fully saturated rings. The number of fused-ring (bicyclic) bond motifs is 1. The number of benzene rings is 4. The standard InChI is InChI=1S/C63H72O36/c64-18-35-43(72)48(77)53(82)59(95-35)89-27-7-1-23(2-8-27)5-11-40(69)87-21-38-46(75)51(80)56(85)61(98-38)92-32-13-25(58-34(17-29-30(68)15-26(67)16-31(29)91-58)94-63-55(84)50(79)45(74)37(20-66)97-63)14-33(42(32)71)93-62-57(86)52(81)47(76)39(99-62)22-88-41(70)12-6-24-3-9-28(10-4-24)90-60-54(83)49(78)44(73)36(19-65)96-60/h1-17,35-39,43-57,59-66,72-86H,18-22H2,(H2-,67,68,71)/p+1. The zero-order chi connectivity index (χ0) is 71.4. The molecule has 5 saturated heterocycles. The van der Waals surface area contributed by atoms with Crippen molar-refractivity contribution < 1.29 is 178 Å². The van der Waals surface area contributed by atoms with E-state index in [1.165, 1.54) is 60.7 Å². The SMILES string of the molecule is O=C(C=Cc1ccc(OC2OC(CO)C(O)C(O)C2O)cc1)OCC1OC(Oc2cc(-c3[o+]c4cc(O)cc(O)c4cc3OC3OC(CO)C(O)C(O)C3O)cc(OC3OC(COC(=O)C=Cc4ccc(OC5OC(CO)C(O)C(O)C5O)cc4)C(O)C(O)C3O)c2O)C(O)C(O)C1O. The number of rotatable bonds is 22. The summed E-state index contributed by atoms with van der Waals surface area (Å²) in [5.41, 5.74) is 0.0441. The molecule has 5 aliphatic rings. The fraction of sp³-hybridized carbons (Fsp3) is 0.476. The van der Waals surface area contributed by atoms with Crippen molar-refractivity contribution in [2.24, 2.45) is 0 Å². The van der Waals surface area contributed by atoms with Gasteiger partial charge in [0, 0.05) is 36.4 Å². The van der Waals surface area contributed by atoms with Gasteiger partial charge in [0.1, 0.15) is 164 Å². The van der Waals surface area contributed by atoms with Crippen LogP contribution < -0.4 is 23.7 Å². The van der Waals surface area contributed by atoms with Crippen molar-refractivity contribution in [1.29, 1.82) is 0 Å². The third kappa shape index (κ3) is 16.5. The van der Waals surface area contributed by atoms with Crippen LogP contribution in [-0.2, 0) is 42.7 Å². The highest BCUT2D eigenvalue weighted by Gasteiger charge is 2.51. The Morgan fingerprint density at radius 2 is 0.727 bits per heavy atom. The van der Waals surface area contributed by atoms with Gasteiger partial charge in [-0.05, 0) is 47.5 Å². The van der Waals surface area contributed by atoms with Crippen LogP contribution in [0.4, 0.5) is 0 Å². The Morgan fingerprint density at radius 1 is 0.394 bits per heavy atom. The molecule has 5 aromatic rings. The lowest BCUT2D eigenvalue weighted by Crippen LogP contribution is -2.60. The quantitative estimate of drug-likeness (QED) is 0.0174. The molecular weight excluding hydrogens is 1330 g/mol. The lowest BCUT2D eigenvalue weighted by Gasteiger charge is -2.40. The third-order valence-corrected chi connectivity index (χ3v) is 16.6. The largest absolute Gasteiger partial charge is 0.507 e. The van der Waals surface area contributed by atoms with Crippen molar-refractivity contribution in [2.45, 2.75) is 154 Å². The second kappa shape index (κ2) is 31.8. The monoisotopic (exact) mass is 1410 g/mol. The Kier molecular flexibility index (Phi) is 23.7. The smallest absolute Gasteiger partial charge is 0.402 e. The van der Waals surface area contributed by atoms with Crippen LogP contribution in [-0.4, -0.2) is 306 Å². The van der Waals surface area contributed by atoms with Gasteiger partial charge in [-0.2, -0.15) is 0 Å². The molecule has 0 aliphatic carbocycles. The molecule has 10 rings (SSSR count). The van der Waals surface area contributed by atoms with Crippen molar-refractivity contribution in [1.82, 2.24) is 0 Å². The minimum Gasteiger partial charge on any atom is -0.507 e. The molecule has 25 atom stereocenters. The van der Waals surface area contributed by atoms with Gasteiger partial charge >= 0.3 is 23.3 Å². The Morgan fingerprint density at radius 3 is 1.09 bits per heavy atom. The number of carbonyl (C=O) groups is 2. The summed E-state index contributed by atoms with van der Waals surface area (Å²) in [5.74, 6) is -6.90. The van der Waals surface area contributed by atoms with Crippen LogP contribution in [0, 0.1) is 0 Å². The zero-order valence-corrected chi connectivity index (χ0v) is 51.3. The van der Waals surface area contributed by atoms with Crippen LogP contribution in [0.2, 0.25) is 0 Å². The molecule has 0 radical (unpaired) electrons. The van der Waals surface area contributed by atoms with E-state index in [2.05, 4.69) is 0 Å². The molecule has 0 saturated carbocycles. The topological polar surface area (TPSA) is 581 Å². The Labute approximate surface area is 557 Å². The lowest BCUT2D eigenvalue weighted by molar-refractivity contribution is -0.279.